The van der Waals surface area contributed by atoms with Crippen molar-refractivity contribution in [2.45, 2.75) is 13.3 Å². The highest BCUT2D eigenvalue weighted by Gasteiger charge is 1.99. The van der Waals surface area contributed by atoms with Crippen LogP contribution >= 0.6 is 38.5 Å². The van der Waals surface area contributed by atoms with Crippen LogP contribution in [0.25, 0.3) is 0 Å². The summed E-state index contributed by atoms with van der Waals surface area (Å²) in [5.74, 6) is 0.198. The molecule has 0 amide bonds. The normalized spacial score (nSPS) is 9.92. The second-order valence-electron chi connectivity index (χ2n) is 2.66. The van der Waals surface area contributed by atoms with Gasteiger partial charge in [-0.2, -0.15) is 0 Å². The van der Waals surface area contributed by atoms with Gasteiger partial charge in [0.25, 0.3) is 0 Å². The Balaban J connectivity index is 2.93. The van der Waals surface area contributed by atoms with E-state index in [0.717, 1.165) is 13.6 Å². The monoisotopic (exact) mass is 338 g/mol. The molecule has 0 bridgehead atoms. The summed E-state index contributed by atoms with van der Waals surface area (Å²) in [6, 6.07) is 6.01. The highest BCUT2D eigenvalue weighted by atomic mass is 127. The zero-order chi connectivity index (χ0) is 9.14. The molecule has 0 aliphatic heterocycles. The maximum atomic E-state index is 10.8. The summed E-state index contributed by atoms with van der Waals surface area (Å²) in [5, 5.41) is 0. The lowest BCUT2D eigenvalue weighted by Crippen LogP contribution is -1.96. The highest BCUT2D eigenvalue weighted by Crippen LogP contribution is 2.17. The molecule has 0 aliphatic rings. The summed E-state index contributed by atoms with van der Waals surface area (Å²) in [6.45, 7) is 1.60. The van der Waals surface area contributed by atoms with Crippen molar-refractivity contribution in [2.24, 2.45) is 0 Å². The van der Waals surface area contributed by atoms with Crippen molar-refractivity contribution in [3.05, 3.63) is 31.8 Å². The summed E-state index contributed by atoms with van der Waals surface area (Å²) >= 11 is 5.62. The minimum absolute atomic E-state index is 0.198. The van der Waals surface area contributed by atoms with Gasteiger partial charge < -0.3 is 0 Å². The second kappa shape index (κ2) is 4.37. The van der Waals surface area contributed by atoms with Crippen LogP contribution in [0, 0.1) is 3.57 Å². The van der Waals surface area contributed by atoms with Gasteiger partial charge in [-0.25, -0.2) is 0 Å². The standard InChI is InChI=1S/C9H8BrIO/c1-6(12)2-7-3-8(10)5-9(11)4-7/h3-5H,2H2,1H3. The van der Waals surface area contributed by atoms with Gasteiger partial charge in [-0.05, 0) is 53.3 Å². The van der Waals surface area contributed by atoms with Crippen molar-refractivity contribution in [3.8, 4) is 0 Å². The van der Waals surface area contributed by atoms with Crippen molar-refractivity contribution in [3.63, 3.8) is 0 Å². The molecule has 1 rings (SSSR count). The number of halogens is 2. The van der Waals surface area contributed by atoms with Crippen molar-refractivity contribution in [1.29, 1.82) is 0 Å². The smallest absolute Gasteiger partial charge is 0.134 e. The van der Waals surface area contributed by atoms with Crippen LogP contribution in [0.15, 0.2) is 22.7 Å². The Hall–Kier alpha value is 0.1000. The molecule has 64 valence electrons. The topological polar surface area (TPSA) is 17.1 Å². The number of rotatable bonds is 2. The first kappa shape index (κ1) is 10.2. The number of ketones is 1. The number of benzene rings is 1. The molecule has 12 heavy (non-hydrogen) atoms. The predicted octanol–water partition coefficient (Wildman–Crippen LogP) is 3.19. The Morgan fingerprint density at radius 2 is 2.17 bits per heavy atom. The predicted molar refractivity (Wildman–Crippen MR) is 61.2 cm³/mol. The van der Waals surface area contributed by atoms with E-state index < -0.39 is 0 Å². The lowest BCUT2D eigenvalue weighted by atomic mass is 10.1. The molecule has 0 aliphatic carbocycles. The maximum Gasteiger partial charge on any atom is 0.134 e. The SMILES string of the molecule is CC(=O)Cc1cc(Br)cc(I)c1. The van der Waals surface area contributed by atoms with Gasteiger partial charge in [-0.1, -0.05) is 15.9 Å². The van der Waals surface area contributed by atoms with Crippen molar-refractivity contribution in [2.75, 3.05) is 0 Å². The largest absolute Gasteiger partial charge is 0.300 e. The van der Waals surface area contributed by atoms with Crippen LogP contribution in [0.1, 0.15) is 12.5 Å². The molecule has 0 fully saturated rings. The minimum Gasteiger partial charge on any atom is -0.300 e. The molecule has 0 saturated carbocycles. The fraction of sp³-hybridized carbons (Fsp3) is 0.222. The van der Waals surface area contributed by atoms with E-state index in [-0.39, 0.29) is 5.78 Å². The molecule has 1 nitrogen and oxygen atoms in total. The van der Waals surface area contributed by atoms with Gasteiger partial charge in [0.05, 0.1) is 0 Å². The average Bonchev–Trinajstić information content (AvgIpc) is 1.81. The van der Waals surface area contributed by atoms with Crippen LogP contribution in [0.2, 0.25) is 0 Å². The van der Waals surface area contributed by atoms with E-state index in [0.29, 0.717) is 6.42 Å². The fourth-order valence-electron chi connectivity index (χ4n) is 1.00. The molecular formula is C9H8BrIO. The molecule has 3 heteroatoms. The molecule has 0 spiro atoms. The zero-order valence-corrected chi connectivity index (χ0v) is 10.3. The van der Waals surface area contributed by atoms with Gasteiger partial charge in [0.1, 0.15) is 5.78 Å². The van der Waals surface area contributed by atoms with E-state index >= 15 is 0 Å². The first-order chi connectivity index (χ1) is 5.58. The summed E-state index contributed by atoms with van der Waals surface area (Å²) in [4.78, 5) is 10.8. The maximum absolute atomic E-state index is 10.8. The minimum atomic E-state index is 0.198. The molecule has 0 heterocycles. The quantitative estimate of drug-likeness (QED) is 0.757. The van der Waals surface area contributed by atoms with Crippen molar-refractivity contribution >= 4 is 44.3 Å². The van der Waals surface area contributed by atoms with Gasteiger partial charge in [-0.3, -0.25) is 4.79 Å². The Morgan fingerprint density at radius 1 is 1.50 bits per heavy atom. The lowest BCUT2D eigenvalue weighted by molar-refractivity contribution is -0.116. The molecule has 0 N–H and O–H groups in total. The van der Waals surface area contributed by atoms with E-state index in [4.69, 9.17) is 0 Å². The van der Waals surface area contributed by atoms with E-state index in [9.17, 15) is 4.79 Å². The average molecular weight is 339 g/mol. The van der Waals surface area contributed by atoms with Gasteiger partial charge in [0.2, 0.25) is 0 Å². The molecule has 1 aromatic carbocycles. The third-order valence-corrected chi connectivity index (χ3v) is 2.46. The molecular weight excluding hydrogens is 331 g/mol. The number of Topliss-reactive ketones (excluding diaryl/α,β-unsaturated/α-hetero) is 1. The third kappa shape index (κ3) is 3.23. The summed E-state index contributed by atoms with van der Waals surface area (Å²) in [5.41, 5.74) is 1.07. The summed E-state index contributed by atoms with van der Waals surface area (Å²) in [7, 11) is 0. The van der Waals surface area contributed by atoms with Gasteiger partial charge >= 0.3 is 0 Å². The third-order valence-electron chi connectivity index (χ3n) is 1.38. The van der Waals surface area contributed by atoms with Crippen LogP contribution in [0.4, 0.5) is 0 Å². The van der Waals surface area contributed by atoms with Gasteiger partial charge in [0, 0.05) is 14.5 Å². The first-order valence-electron chi connectivity index (χ1n) is 3.52. The van der Waals surface area contributed by atoms with Crippen molar-refractivity contribution < 1.29 is 4.79 Å². The summed E-state index contributed by atoms with van der Waals surface area (Å²) < 4.78 is 2.18. The van der Waals surface area contributed by atoms with E-state index in [1.54, 1.807) is 6.92 Å². The lowest BCUT2D eigenvalue weighted by Gasteiger charge is -1.99. The fourth-order valence-corrected chi connectivity index (χ4v) is 2.70. The molecule has 0 aromatic heterocycles. The summed E-state index contributed by atoms with van der Waals surface area (Å²) in [6.07, 6.45) is 0.523. The van der Waals surface area contributed by atoms with Crippen LogP contribution < -0.4 is 0 Å². The number of hydrogen-bond acceptors (Lipinski definition) is 1. The molecule has 0 saturated heterocycles. The van der Waals surface area contributed by atoms with Crippen molar-refractivity contribution in [1.82, 2.24) is 0 Å². The molecule has 1 aromatic rings. The van der Waals surface area contributed by atoms with Gasteiger partial charge in [0.15, 0.2) is 0 Å². The van der Waals surface area contributed by atoms with Crippen LogP contribution in [-0.2, 0) is 11.2 Å². The second-order valence-corrected chi connectivity index (χ2v) is 4.82. The Kier molecular flexibility index (Phi) is 3.71. The first-order valence-corrected chi connectivity index (χ1v) is 5.39. The number of carbonyl (C=O) groups is 1. The molecule has 0 radical (unpaired) electrons. The highest BCUT2D eigenvalue weighted by molar-refractivity contribution is 14.1. The number of hydrogen-bond donors (Lipinski definition) is 0. The molecule has 0 unspecified atom stereocenters. The Labute approximate surface area is 93.8 Å². The van der Waals surface area contributed by atoms with E-state index in [1.165, 1.54) is 0 Å². The van der Waals surface area contributed by atoms with Gasteiger partial charge in [-0.15, -0.1) is 0 Å². The molecule has 0 atom stereocenters. The Bertz CT molecular complexity index is 289. The van der Waals surface area contributed by atoms with E-state index in [2.05, 4.69) is 38.5 Å². The Morgan fingerprint density at radius 3 is 2.67 bits per heavy atom. The van der Waals surface area contributed by atoms with Crippen LogP contribution in [0.5, 0.6) is 0 Å². The van der Waals surface area contributed by atoms with E-state index in [1.807, 2.05) is 18.2 Å². The van der Waals surface area contributed by atoms with Crippen LogP contribution in [-0.4, -0.2) is 5.78 Å². The van der Waals surface area contributed by atoms with Crippen LogP contribution in [0.3, 0.4) is 0 Å². The number of carbonyl (C=O) groups excluding carboxylic acids is 1. The zero-order valence-electron chi connectivity index (χ0n) is 6.60.